The van der Waals surface area contributed by atoms with Crippen LogP contribution in [0.2, 0.25) is 15.1 Å². The Labute approximate surface area is 196 Å². The molecule has 4 nitrogen and oxygen atoms in total. The van der Waals surface area contributed by atoms with Gasteiger partial charge in [-0.05, 0) is 49.0 Å². The Kier molecular flexibility index (Phi) is 6.85. The molecule has 0 aliphatic carbocycles. The van der Waals surface area contributed by atoms with Crippen molar-refractivity contribution in [1.29, 1.82) is 0 Å². The van der Waals surface area contributed by atoms with Crippen molar-refractivity contribution in [2.45, 2.75) is 0 Å². The molecule has 2 aliphatic heterocycles. The minimum Gasteiger partial charge on any atom is -0.368 e. The zero-order valence-corrected chi connectivity index (χ0v) is 19.7. The lowest BCUT2D eigenvalue weighted by Gasteiger charge is -2.35. The van der Waals surface area contributed by atoms with Gasteiger partial charge in [0.25, 0.3) is 5.91 Å². The topological polar surface area (TPSA) is 26.8 Å². The van der Waals surface area contributed by atoms with Crippen LogP contribution in [0.4, 0.5) is 11.4 Å². The van der Waals surface area contributed by atoms with Gasteiger partial charge in [-0.25, -0.2) is 0 Å². The maximum Gasteiger partial charge on any atom is 0.264 e. The predicted octanol–water partition coefficient (Wildman–Crippen LogP) is 5.52. The quantitative estimate of drug-likeness (QED) is 0.538. The van der Waals surface area contributed by atoms with Gasteiger partial charge < -0.3 is 14.7 Å². The molecule has 0 saturated carbocycles. The summed E-state index contributed by atoms with van der Waals surface area (Å²) in [7, 11) is 2.13. The smallest absolute Gasteiger partial charge is 0.264 e. The van der Waals surface area contributed by atoms with E-state index in [9.17, 15) is 4.79 Å². The molecule has 30 heavy (non-hydrogen) atoms. The molecule has 2 fully saturated rings. The van der Waals surface area contributed by atoms with Gasteiger partial charge in [-0.15, -0.1) is 11.8 Å². The van der Waals surface area contributed by atoms with Crippen LogP contribution in [0.25, 0.3) is 6.08 Å². The predicted molar refractivity (Wildman–Crippen MR) is 130 cm³/mol. The molecule has 2 saturated heterocycles. The Balaban J connectivity index is 1.64. The van der Waals surface area contributed by atoms with Crippen molar-refractivity contribution in [2.75, 3.05) is 55.3 Å². The fraction of sp³-hybridized carbons (Fsp3) is 0.318. The number of rotatable bonds is 3. The number of piperazine rings is 1. The van der Waals surface area contributed by atoms with Gasteiger partial charge in [-0.2, -0.15) is 0 Å². The summed E-state index contributed by atoms with van der Waals surface area (Å²) >= 11 is 20.1. The zero-order valence-electron chi connectivity index (χ0n) is 16.6. The first-order valence-electron chi connectivity index (χ1n) is 9.77. The van der Waals surface area contributed by atoms with E-state index in [1.165, 1.54) is 0 Å². The van der Waals surface area contributed by atoms with Gasteiger partial charge in [-0.3, -0.25) is 4.79 Å². The standard InChI is InChI=1S/C22H22Cl3N3OS/c1-26-6-8-27(9-7-26)20-13-16(23)3-2-15(20)12-21-22(29)28(10-11-30-21)17-4-5-18(24)19(25)14-17/h2-5,12-14H,6-11H2,1H3/b21-12-. The summed E-state index contributed by atoms with van der Waals surface area (Å²) in [5.74, 6) is 0.791. The van der Waals surface area contributed by atoms with E-state index in [0.29, 0.717) is 26.5 Å². The average Bonchev–Trinajstić information content (AvgIpc) is 2.73. The SMILES string of the molecule is CN1CCN(c2cc(Cl)ccc2/C=C2\SCCN(c3ccc(Cl)c(Cl)c3)C2=O)CC1. The Hall–Kier alpha value is -1.37. The number of likely N-dealkylation sites (N-methyl/N-ethyl adjacent to an activating group) is 1. The summed E-state index contributed by atoms with van der Waals surface area (Å²) in [6.07, 6.45) is 1.99. The number of thioether (sulfide) groups is 1. The highest BCUT2D eigenvalue weighted by Crippen LogP contribution is 2.35. The van der Waals surface area contributed by atoms with E-state index in [2.05, 4.69) is 16.8 Å². The van der Waals surface area contributed by atoms with E-state index >= 15 is 0 Å². The fourth-order valence-electron chi connectivity index (χ4n) is 3.65. The summed E-state index contributed by atoms with van der Waals surface area (Å²) in [5.41, 5.74) is 2.84. The number of halogens is 3. The van der Waals surface area contributed by atoms with Crippen molar-refractivity contribution in [1.82, 2.24) is 4.90 Å². The third-order valence-electron chi connectivity index (χ3n) is 5.37. The lowest BCUT2D eigenvalue weighted by atomic mass is 10.1. The van der Waals surface area contributed by atoms with Crippen LogP contribution in [0.3, 0.4) is 0 Å². The molecule has 2 aliphatic rings. The molecule has 0 N–H and O–H groups in total. The highest BCUT2D eigenvalue weighted by atomic mass is 35.5. The third kappa shape index (κ3) is 4.76. The summed E-state index contributed by atoms with van der Waals surface area (Å²) in [5, 5.41) is 1.62. The molecule has 2 aromatic carbocycles. The Morgan fingerprint density at radius 2 is 1.70 bits per heavy atom. The van der Waals surface area contributed by atoms with Crippen LogP contribution < -0.4 is 9.80 Å². The third-order valence-corrected chi connectivity index (χ3v) is 7.33. The molecule has 1 amide bonds. The summed E-state index contributed by atoms with van der Waals surface area (Å²) in [6, 6.07) is 11.2. The van der Waals surface area contributed by atoms with E-state index < -0.39 is 0 Å². The van der Waals surface area contributed by atoms with E-state index in [4.69, 9.17) is 34.8 Å². The molecule has 4 rings (SSSR count). The van der Waals surface area contributed by atoms with E-state index in [-0.39, 0.29) is 5.91 Å². The molecule has 2 heterocycles. The normalized spacial score (nSPS) is 19.6. The first-order valence-corrected chi connectivity index (χ1v) is 11.9. The largest absolute Gasteiger partial charge is 0.368 e. The van der Waals surface area contributed by atoms with Gasteiger partial charge >= 0.3 is 0 Å². The van der Waals surface area contributed by atoms with E-state index in [1.54, 1.807) is 28.8 Å². The number of hydrogen-bond acceptors (Lipinski definition) is 4. The molecule has 0 unspecified atom stereocenters. The lowest BCUT2D eigenvalue weighted by Crippen LogP contribution is -2.44. The van der Waals surface area contributed by atoms with Gasteiger partial charge in [0.1, 0.15) is 0 Å². The number of benzene rings is 2. The van der Waals surface area contributed by atoms with Crippen LogP contribution >= 0.6 is 46.6 Å². The van der Waals surface area contributed by atoms with Crippen molar-refractivity contribution in [3.8, 4) is 0 Å². The second-order valence-electron chi connectivity index (χ2n) is 7.41. The molecule has 0 aromatic heterocycles. The fourth-order valence-corrected chi connectivity index (χ4v) is 5.04. The van der Waals surface area contributed by atoms with Crippen LogP contribution in [-0.4, -0.2) is 56.3 Å². The molecule has 0 atom stereocenters. The summed E-state index contributed by atoms with van der Waals surface area (Å²) in [4.78, 5) is 20.4. The second-order valence-corrected chi connectivity index (χ2v) is 9.79. The lowest BCUT2D eigenvalue weighted by molar-refractivity contribution is -0.114. The van der Waals surface area contributed by atoms with Gasteiger partial charge in [0.15, 0.2) is 0 Å². The second kappa shape index (κ2) is 9.41. The van der Waals surface area contributed by atoms with Crippen LogP contribution in [0.5, 0.6) is 0 Å². The van der Waals surface area contributed by atoms with Gasteiger partial charge in [0.05, 0.1) is 15.0 Å². The van der Waals surface area contributed by atoms with Crippen LogP contribution in [0.15, 0.2) is 41.3 Å². The minimum absolute atomic E-state index is 0.0242. The van der Waals surface area contributed by atoms with Crippen molar-refractivity contribution in [3.63, 3.8) is 0 Å². The van der Waals surface area contributed by atoms with Gasteiger partial charge in [-0.1, -0.05) is 40.9 Å². The summed E-state index contributed by atoms with van der Waals surface area (Å²) < 4.78 is 0. The van der Waals surface area contributed by atoms with E-state index in [1.807, 2.05) is 30.3 Å². The highest BCUT2D eigenvalue weighted by Gasteiger charge is 2.26. The molecule has 0 spiro atoms. The molecule has 0 bridgehead atoms. The number of nitrogens with zero attached hydrogens (tertiary/aromatic N) is 3. The highest BCUT2D eigenvalue weighted by molar-refractivity contribution is 8.04. The molecule has 8 heteroatoms. The van der Waals surface area contributed by atoms with Gasteiger partial charge in [0.2, 0.25) is 0 Å². The minimum atomic E-state index is -0.0242. The number of carbonyl (C=O) groups is 1. The first-order chi connectivity index (χ1) is 14.4. The van der Waals surface area contributed by atoms with Gasteiger partial charge in [0, 0.05) is 54.9 Å². The van der Waals surface area contributed by atoms with Crippen LogP contribution in [0, 0.1) is 0 Å². The Morgan fingerprint density at radius 3 is 2.43 bits per heavy atom. The monoisotopic (exact) mass is 481 g/mol. The summed E-state index contributed by atoms with van der Waals surface area (Å²) in [6.45, 7) is 4.50. The Bertz CT molecular complexity index is 990. The maximum atomic E-state index is 13.2. The molecule has 158 valence electrons. The van der Waals surface area contributed by atoms with Crippen LogP contribution in [-0.2, 0) is 4.79 Å². The Morgan fingerprint density at radius 1 is 0.933 bits per heavy atom. The van der Waals surface area contributed by atoms with Crippen molar-refractivity contribution < 1.29 is 4.79 Å². The number of anilines is 2. The van der Waals surface area contributed by atoms with Crippen LogP contribution in [0.1, 0.15) is 5.56 Å². The number of amides is 1. The average molecular weight is 483 g/mol. The van der Waals surface area contributed by atoms with E-state index in [0.717, 1.165) is 48.9 Å². The maximum absolute atomic E-state index is 13.2. The molecule has 2 aromatic rings. The molecular weight excluding hydrogens is 461 g/mol. The van der Waals surface area contributed by atoms with Crippen molar-refractivity contribution >= 4 is 69.9 Å². The molecular formula is C22H22Cl3N3OS. The first kappa shape index (κ1) is 21.8. The number of hydrogen-bond donors (Lipinski definition) is 0. The molecule has 0 radical (unpaired) electrons. The van der Waals surface area contributed by atoms with Crippen molar-refractivity contribution in [3.05, 3.63) is 61.9 Å². The number of carbonyl (C=O) groups excluding carboxylic acids is 1. The zero-order chi connectivity index (χ0) is 21.3. The van der Waals surface area contributed by atoms with Crippen molar-refractivity contribution in [2.24, 2.45) is 0 Å².